The number of hydrogen-bond donors (Lipinski definition) is 3. The number of benzene rings is 1. The van der Waals surface area contributed by atoms with Crippen molar-refractivity contribution in [3.05, 3.63) is 33.9 Å². The Hall–Kier alpha value is -3.20. The van der Waals surface area contributed by atoms with Gasteiger partial charge >= 0.3 is 0 Å². The maximum absolute atomic E-state index is 14.3. The van der Waals surface area contributed by atoms with Crippen LogP contribution in [0.4, 0.5) is 22.0 Å². The highest BCUT2D eigenvalue weighted by Gasteiger charge is 2.30. The lowest BCUT2D eigenvalue weighted by molar-refractivity contribution is -0.122. The van der Waals surface area contributed by atoms with Crippen molar-refractivity contribution in [1.29, 1.82) is 5.26 Å². The fourth-order valence-corrected chi connectivity index (χ4v) is 5.50. The zero-order valence-electron chi connectivity index (χ0n) is 19.8. The summed E-state index contributed by atoms with van der Waals surface area (Å²) in [5, 5.41) is 16.0. The van der Waals surface area contributed by atoms with Gasteiger partial charge in [-0.05, 0) is 44.2 Å². The van der Waals surface area contributed by atoms with E-state index in [2.05, 4.69) is 15.6 Å². The molecular weight excluding hydrogens is 522 g/mol. The van der Waals surface area contributed by atoms with Crippen LogP contribution in [0.15, 0.2) is 18.3 Å². The maximum atomic E-state index is 14.3. The molecule has 13 heteroatoms. The average Bonchev–Trinajstić information content (AvgIpc) is 3.24. The van der Waals surface area contributed by atoms with E-state index in [1.807, 2.05) is 10.6 Å². The number of rotatable bonds is 6. The van der Waals surface area contributed by atoms with Crippen molar-refractivity contribution in [2.45, 2.75) is 50.4 Å². The topological polar surface area (TPSA) is 144 Å². The van der Waals surface area contributed by atoms with Gasteiger partial charge in [-0.2, -0.15) is 10.2 Å². The molecule has 2 aromatic heterocycles. The third kappa shape index (κ3) is 5.28. The van der Waals surface area contributed by atoms with Crippen LogP contribution in [0.25, 0.3) is 11.2 Å². The smallest absolute Gasteiger partial charge is 0.225 e. The number of amides is 1. The van der Waals surface area contributed by atoms with E-state index in [4.69, 9.17) is 43.6 Å². The molecule has 0 unspecified atom stereocenters. The van der Waals surface area contributed by atoms with Crippen molar-refractivity contribution in [2.75, 3.05) is 23.8 Å². The van der Waals surface area contributed by atoms with E-state index >= 15 is 0 Å². The van der Waals surface area contributed by atoms with Gasteiger partial charge in [-0.25, -0.2) is 14.4 Å². The van der Waals surface area contributed by atoms with Gasteiger partial charge < -0.3 is 21.1 Å². The molecule has 2 atom stereocenters. The number of anilines is 3. The molecule has 3 aromatic rings. The maximum Gasteiger partial charge on any atom is 0.225 e. The SMILES string of the molecule is N#Cc1cc(Cl)c(Nc2nc3cnc(N[C@@H]4CCOC[C@H]4F)nc3n2[C@H]2CC[C@@H](C(N)=O)CC2)c(Cl)c1. The van der Waals surface area contributed by atoms with Gasteiger partial charge in [0.25, 0.3) is 0 Å². The molecule has 194 valence electrons. The second-order valence-electron chi connectivity index (χ2n) is 9.30. The van der Waals surface area contributed by atoms with Gasteiger partial charge in [0.2, 0.25) is 17.8 Å². The Bertz CT molecular complexity index is 1350. The van der Waals surface area contributed by atoms with Crippen molar-refractivity contribution in [3.8, 4) is 6.07 Å². The number of hydrogen-bond acceptors (Lipinski definition) is 8. The largest absolute Gasteiger partial charge is 0.378 e. The molecule has 1 saturated heterocycles. The van der Waals surface area contributed by atoms with Gasteiger partial charge in [-0.1, -0.05) is 23.2 Å². The third-order valence-corrected chi connectivity index (χ3v) is 7.50. The van der Waals surface area contributed by atoms with Crippen molar-refractivity contribution < 1.29 is 13.9 Å². The van der Waals surface area contributed by atoms with Crippen LogP contribution in [0.2, 0.25) is 10.0 Å². The van der Waals surface area contributed by atoms with Gasteiger partial charge in [0.05, 0.1) is 46.2 Å². The summed E-state index contributed by atoms with van der Waals surface area (Å²) in [6.07, 6.45) is 3.56. The summed E-state index contributed by atoms with van der Waals surface area (Å²) in [5.41, 5.74) is 7.34. The second-order valence-corrected chi connectivity index (χ2v) is 10.1. The summed E-state index contributed by atoms with van der Waals surface area (Å²) in [6.45, 7) is 0.489. The molecule has 4 N–H and O–H groups in total. The number of halogens is 3. The predicted octanol–water partition coefficient (Wildman–Crippen LogP) is 4.50. The van der Waals surface area contributed by atoms with Crippen molar-refractivity contribution in [3.63, 3.8) is 0 Å². The van der Waals surface area contributed by atoms with Crippen LogP contribution in [-0.4, -0.2) is 50.9 Å². The summed E-state index contributed by atoms with van der Waals surface area (Å²) in [4.78, 5) is 25.5. The minimum Gasteiger partial charge on any atom is -0.378 e. The summed E-state index contributed by atoms with van der Waals surface area (Å²) in [6, 6.07) is 4.56. The Morgan fingerprint density at radius 3 is 2.57 bits per heavy atom. The van der Waals surface area contributed by atoms with Crippen LogP contribution < -0.4 is 16.4 Å². The van der Waals surface area contributed by atoms with Crippen molar-refractivity contribution in [2.24, 2.45) is 11.7 Å². The molecule has 1 aliphatic carbocycles. The Kier molecular flexibility index (Phi) is 7.33. The molecule has 2 aliphatic rings. The lowest BCUT2D eigenvalue weighted by Crippen LogP contribution is -2.39. The number of imidazole rings is 1. The molecule has 5 rings (SSSR count). The molecular formula is C24H25Cl2FN8O2. The quantitative estimate of drug-likeness (QED) is 0.409. The Labute approximate surface area is 222 Å². The predicted molar refractivity (Wildman–Crippen MR) is 138 cm³/mol. The van der Waals surface area contributed by atoms with E-state index in [0.29, 0.717) is 67.1 Å². The number of alkyl halides is 1. The van der Waals surface area contributed by atoms with Crippen LogP contribution in [0, 0.1) is 17.2 Å². The first kappa shape index (κ1) is 25.4. The minimum atomic E-state index is -1.17. The number of nitrogens with two attached hydrogens (primary N) is 1. The van der Waals surface area contributed by atoms with Crippen LogP contribution in [0.1, 0.15) is 43.7 Å². The summed E-state index contributed by atoms with van der Waals surface area (Å²) in [5.74, 6) is 0.253. The fourth-order valence-electron chi connectivity index (χ4n) is 4.91. The first-order chi connectivity index (χ1) is 17.8. The molecule has 0 spiro atoms. The van der Waals surface area contributed by atoms with E-state index in [1.165, 1.54) is 12.1 Å². The number of ether oxygens (including phenoxy) is 1. The summed E-state index contributed by atoms with van der Waals surface area (Å²) >= 11 is 12.9. The molecule has 0 bridgehead atoms. The number of nitrogens with one attached hydrogen (secondary N) is 2. The van der Waals surface area contributed by atoms with Gasteiger partial charge in [0.15, 0.2) is 5.65 Å². The number of carbonyl (C=O) groups excluding carboxylic acids is 1. The van der Waals surface area contributed by atoms with Crippen LogP contribution in [-0.2, 0) is 9.53 Å². The number of fused-ring (bicyclic) bond motifs is 1. The Morgan fingerprint density at radius 2 is 1.92 bits per heavy atom. The molecule has 10 nitrogen and oxygen atoms in total. The molecule has 1 amide bonds. The minimum absolute atomic E-state index is 0.0289. The van der Waals surface area contributed by atoms with E-state index in [-0.39, 0.29) is 40.5 Å². The highest BCUT2D eigenvalue weighted by molar-refractivity contribution is 6.39. The van der Waals surface area contributed by atoms with Crippen molar-refractivity contribution in [1.82, 2.24) is 19.5 Å². The van der Waals surface area contributed by atoms with Gasteiger partial charge in [0, 0.05) is 18.6 Å². The molecule has 0 radical (unpaired) electrons. The molecule has 1 aliphatic heterocycles. The number of nitriles is 1. The first-order valence-electron chi connectivity index (χ1n) is 12.0. The Morgan fingerprint density at radius 1 is 1.19 bits per heavy atom. The number of aromatic nitrogens is 4. The number of nitrogens with zero attached hydrogens (tertiary/aromatic N) is 5. The van der Waals surface area contributed by atoms with E-state index in [0.717, 1.165) is 0 Å². The molecule has 1 saturated carbocycles. The summed E-state index contributed by atoms with van der Waals surface area (Å²) < 4.78 is 21.5. The van der Waals surface area contributed by atoms with Crippen LogP contribution in [0.3, 0.4) is 0 Å². The lowest BCUT2D eigenvalue weighted by atomic mass is 9.85. The first-order valence-corrected chi connectivity index (χ1v) is 12.8. The van der Waals surface area contributed by atoms with Crippen LogP contribution >= 0.6 is 23.2 Å². The monoisotopic (exact) mass is 546 g/mol. The van der Waals surface area contributed by atoms with Gasteiger partial charge in [0.1, 0.15) is 11.7 Å². The van der Waals surface area contributed by atoms with Gasteiger partial charge in [-0.3, -0.25) is 9.36 Å². The molecule has 3 heterocycles. The van der Waals surface area contributed by atoms with Crippen molar-refractivity contribution >= 4 is 57.9 Å². The van der Waals surface area contributed by atoms with E-state index < -0.39 is 12.2 Å². The number of primary amides is 1. The van der Waals surface area contributed by atoms with E-state index in [1.54, 1.807) is 6.20 Å². The lowest BCUT2D eigenvalue weighted by Gasteiger charge is -2.29. The average molecular weight is 547 g/mol. The molecule has 37 heavy (non-hydrogen) atoms. The standard InChI is InChI=1S/C24H25Cl2FN8O2/c25-15-7-12(9-28)8-16(26)20(15)33-24-32-19-10-30-23(31-18-5-6-37-11-17(18)27)34-22(19)35(24)14-3-1-13(2-4-14)21(29)36/h7-8,10,13-14,17-18H,1-6,11H2,(H2,29,36)(H,32,33)(H,30,31,34)/t13-,14+,17-,18-/m1/s1. The fraction of sp³-hybridized carbons (Fsp3) is 0.458. The number of carbonyl (C=O) groups is 1. The Balaban J connectivity index is 1.53. The zero-order valence-corrected chi connectivity index (χ0v) is 21.3. The zero-order chi connectivity index (χ0) is 26.1. The molecule has 2 fully saturated rings. The molecule has 1 aromatic carbocycles. The highest BCUT2D eigenvalue weighted by Crippen LogP contribution is 2.39. The second kappa shape index (κ2) is 10.7. The van der Waals surface area contributed by atoms with E-state index in [9.17, 15) is 14.4 Å². The van der Waals surface area contributed by atoms with Crippen LogP contribution in [0.5, 0.6) is 0 Å². The summed E-state index contributed by atoms with van der Waals surface area (Å²) in [7, 11) is 0. The van der Waals surface area contributed by atoms with Gasteiger partial charge in [-0.15, -0.1) is 0 Å². The third-order valence-electron chi connectivity index (χ3n) is 6.91. The highest BCUT2D eigenvalue weighted by atomic mass is 35.5. The normalized spacial score (nSPS) is 23.9.